The summed E-state index contributed by atoms with van der Waals surface area (Å²) < 4.78 is 5.83. The van der Waals surface area contributed by atoms with Crippen LogP contribution in [0.3, 0.4) is 0 Å². The van der Waals surface area contributed by atoms with Crippen LogP contribution in [0, 0.1) is 5.92 Å². The molecule has 1 fully saturated rings. The molecule has 33 heavy (non-hydrogen) atoms. The van der Waals surface area contributed by atoms with Gasteiger partial charge in [-0.1, -0.05) is 48.5 Å². The molecule has 172 valence electrons. The minimum absolute atomic E-state index is 0.0796. The second kappa shape index (κ2) is 10.1. The molecule has 1 N–H and O–H groups in total. The molecule has 1 atom stereocenters. The predicted molar refractivity (Wildman–Crippen MR) is 129 cm³/mol. The second-order valence-electron chi connectivity index (χ2n) is 9.29. The van der Waals surface area contributed by atoms with Crippen molar-refractivity contribution in [1.29, 1.82) is 0 Å². The molecular formula is C27H31N3O3. The maximum Gasteiger partial charge on any atom is 0.247 e. The van der Waals surface area contributed by atoms with Crippen LogP contribution in [0.4, 0.5) is 0 Å². The molecule has 0 aliphatic carbocycles. The minimum atomic E-state index is -0.989. The van der Waals surface area contributed by atoms with Crippen LogP contribution in [0.5, 0.6) is 0 Å². The van der Waals surface area contributed by atoms with E-state index in [1.165, 1.54) is 5.56 Å². The monoisotopic (exact) mass is 445 g/mol. The Labute approximate surface area is 195 Å². The Hall–Kier alpha value is -3.25. The van der Waals surface area contributed by atoms with Crippen molar-refractivity contribution >= 4 is 22.6 Å². The summed E-state index contributed by atoms with van der Waals surface area (Å²) in [4.78, 5) is 32.0. The molecule has 0 spiro atoms. The van der Waals surface area contributed by atoms with E-state index >= 15 is 0 Å². The van der Waals surface area contributed by atoms with Crippen molar-refractivity contribution in [2.45, 2.75) is 32.2 Å². The summed E-state index contributed by atoms with van der Waals surface area (Å²) in [7, 11) is 0. The third kappa shape index (κ3) is 5.96. The van der Waals surface area contributed by atoms with Crippen LogP contribution in [0.15, 0.2) is 67.0 Å². The summed E-state index contributed by atoms with van der Waals surface area (Å²) in [5, 5.41) is 5.20. The SMILES string of the molecule is CC(C)(NC(=O)Cc1ccccc1)C(=O)N1CCOC[C@H](Cc2ccc3cnccc3c2)C1. The number of hydrogen-bond acceptors (Lipinski definition) is 4. The highest BCUT2D eigenvalue weighted by Crippen LogP contribution is 2.20. The highest BCUT2D eigenvalue weighted by molar-refractivity contribution is 5.91. The van der Waals surface area contributed by atoms with Crippen LogP contribution >= 0.6 is 0 Å². The third-order valence-corrected chi connectivity index (χ3v) is 6.05. The number of fused-ring (bicyclic) bond motifs is 1. The van der Waals surface area contributed by atoms with Crippen LogP contribution in [0.2, 0.25) is 0 Å². The van der Waals surface area contributed by atoms with Gasteiger partial charge in [-0.25, -0.2) is 0 Å². The molecule has 0 unspecified atom stereocenters. The number of carbonyl (C=O) groups excluding carboxylic acids is 2. The number of amides is 2. The quantitative estimate of drug-likeness (QED) is 0.631. The average Bonchev–Trinajstić information content (AvgIpc) is 3.04. The first-order chi connectivity index (χ1) is 15.9. The Bertz CT molecular complexity index is 1110. The molecule has 1 aliphatic heterocycles. The number of pyridine rings is 1. The summed E-state index contributed by atoms with van der Waals surface area (Å²) in [5.41, 5.74) is 1.15. The topological polar surface area (TPSA) is 71.5 Å². The van der Waals surface area contributed by atoms with Gasteiger partial charge in [0.05, 0.1) is 19.6 Å². The van der Waals surface area contributed by atoms with Gasteiger partial charge in [0, 0.05) is 36.8 Å². The molecule has 6 nitrogen and oxygen atoms in total. The second-order valence-corrected chi connectivity index (χ2v) is 9.29. The van der Waals surface area contributed by atoms with Crippen LogP contribution in [0.25, 0.3) is 10.8 Å². The summed E-state index contributed by atoms with van der Waals surface area (Å²) in [5.74, 6) is -0.0524. The van der Waals surface area contributed by atoms with E-state index in [-0.39, 0.29) is 24.2 Å². The van der Waals surface area contributed by atoms with E-state index in [0.717, 1.165) is 22.8 Å². The Kier molecular flexibility index (Phi) is 7.04. The first kappa shape index (κ1) is 22.9. The largest absolute Gasteiger partial charge is 0.379 e. The van der Waals surface area contributed by atoms with E-state index < -0.39 is 5.54 Å². The Morgan fingerprint density at radius 1 is 1.09 bits per heavy atom. The Morgan fingerprint density at radius 2 is 1.91 bits per heavy atom. The Balaban J connectivity index is 1.40. The number of nitrogens with zero attached hydrogens (tertiary/aromatic N) is 2. The Morgan fingerprint density at radius 3 is 2.73 bits per heavy atom. The van der Waals surface area contributed by atoms with Gasteiger partial charge in [0.1, 0.15) is 5.54 Å². The highest BCUT2D eigenvalue weighted by atomic mass is 16.5. The molecule has 1 saturated heterocycles. The molecule has 3 aromatic rings. The zero-order chi connectivity index (χ0) is 23.3. The smallest absolute Gasteiger partial charge is 0.247 e. The fraction of sp³-hybridized carbons (Fsp3) is 0.370. The first-order valence-electron chi connectivity index (χ1n) is 11.5. The van der Waals surface area contributed by atoms with Crippen molar-refractivity contribution < 1.29 is 14.3 Å². The van der Waals surface area contributed by atoms with Gasteiger partial charge in [0.25, 0.3) is 0 Å². The molecule has 2 aromatic carbocycles. The number of aromatic nitrogens is 1. The molecule has 0 radical (unpaired) electrons. The maximum atomic E-state index is 13.4. The summed E-state index contributed by atoms with van der Waals surface area (Å²) in [6.07, 6.45) is 4.74. The molecule has 0 bridgehead atoms. The number of nitrogens with one attached hydrogen (secondary N) is 1. The van der Waals surface area contributed by atoms with Gasteiger partial charge in [-0.2, -0.15) is 0 Å². The van der Waals surface area contributed by atoms with E-state index in [2.05, 4.69) is 28.5 Å². The normalized spacial score (nSPS) is 16.9. The summed E-state index contributed by atoms with van der Waals surface area (Å²) in [6.45, 7) is 5.78. The number of hydrogen-bond donors (Lipinski definition) is 1. The van der Waals surface area contributed by atoms with Crippen molar-refractivity contribution in [2.24, 2.45) is 5.92 Å². The van der Waals surface area contributed by atoms with E-state index in [1.807, 2.05) is 47.5 Å². The van der Waals surface area contributed by atoms with Crippen molar-refractivity contribution in [3.05, 3.63) is 78.1 Å². The lowest BCUT2D eigenvalue weighted by Gasteiger charge is -2.33. The fourth-order valence-corrected chi connectivity index (χ4v) is 4.40. The molecular weight excluding hydrogens is 414 g/mol. The minimum Gasteiger partial charge on any atom is -0.379 e. The number of rotatable bonds is 6. The van der Waals surface area contributed by atoms with Gasteiger partial charge < -0.3 is 15.0 Å². The molecule has 4 rings (SSSR count). The van der Waals surface area contributed by atoms with E-state index in [4.69, 9.17) is 4.74 Å². The molecule has 1 aliphatic rings. The first-order valence-corrected chi connectivity index (χ1v) is 11.5. The van der Waals surface area contributed by atoms with Gasteiger partial charge in [0.2, 0.25) is 11.8 Å². The molecule has 0 saturated carbocycles. The van der Waals surface area contributed by atoms with Crippen molar-refractivity contribution in [3.63, 3.8) is 0 Å². The maximum absolute atomic E-state index is 13.4. The van der Waals surface area contributed by atoms with E-state index in [0.29, 0.717) is 26.3 Å². The highest BCUT2D eigenvalue weighted by Gasteiger charge is 2.35. The van der Waals surface area contributed by atoms with Crippen LogP contribution in [0.1, 0.15) is 25.0 Å². The number of ether oxygens (including phenoxy) is 1. The standard InChI is InChI=1S/C27H31N3O3/c1-27(2,29-25(31)16-20-6-4-3-5-7-20)26(32)30-12-13-33-19-22(18-30)14-21-8-9-24-17-28-11-10-23(24)15-21/h3-11,15,17,22H,12-14,16,18-19H2,1-2H3,(H,29,31)/t22-/m1/s1. The van der Waals surface area contributed by atoms with Gasteiger partial charge in [-0.3, -0.25) is 14.6 Å². The lowest BCUT2D eigenvalue weighted by molar-refractivity contribution is -0.140. The van der Waals surface area contributed by atoms with Gasteiger partial charge >= 0.3 is 0 Å². The van der Waals surface area contributed by atoms with Crippen molar-refractivity contribution in [1.82, 2.24) is 15.2 Å². The molecule has 6 heteroatoms. The fourth-order valence-electron chi connectivity index (χ4n) is 4.40. The average molecular weight is 446 g/mol. The lowest BCUT2D eigenvalue weighted by atomic mass is 9.96. The number of benzene rings is 2. The summed E-state index contributed by atoms with van der Waals surface area (Å²) in [6, 6.07) is 18.0. The van der Waals surface area contributed by atoms with Crippen LogP contribution in [-0.2, 0) is 27.2 Å². The van der Waals surface area contributed by atoms with Crippen molar-refractivity contribution in [3.8, 4) is 0 Å². The third-order valence-electron chi connectivity index (χ3n) is 6.05. The molecule has 1 aromatic heterocycles. The zero-order valence-corrected chi connectivity index (χ0v) is 19.3. The van der Waals surface area contributed by atoms with E-state index in [1.54, 1.807) is 20.0 Å². The molecule has 2 amide bonds. The summed E-state index contributed by atoms with van der Waals surface area (Å²) >= 11 is 0. The van der Waals surface area contributed by atoms with Crippen LogP contribution < -0.4 is 5.32 Å². The number of carbonyl (C=O) groups is 2. The van der Waals surface area contributed by atoms with Gasteiger partial charge in [-0.05, 0) is 42.8 Å². The predicted octanol–water partition coefficient (Wildman–Crippen LogP) is 3.39. The lowest BCUT2D eigenvalue weighted by Crippen LogP contribution is -2.57. The van der Waals surface area contributed by atoms with Crippen molar-refractivity contribution in [2.75, 3.05) is 26.3 Å². The van der Waals surface area contributed by atoms with Gasteiger partial charge in [-0.15, -0.1) is 0 Å². The van der Waals surface area contributed by atoms with Crippen LogP contribution in [-0.4, -0.2) is 53.5 Å². The van der Waals surface area contributed by atoms with E-state index in [9.17, 15) is 9.59 Å². The van der Waals surface area contributed by atoms with Gasteiger partial charge in [0.15, 0.2) is 0 Å². The molecule has 2 heterocycles. The zero-order valence-electron chi connectivity index (χ0n) is 19.3.